The number of benzene rings is 1. The molecule has 1 aromatic rings. The lowest BCUT2D eigenvalue weighted by Crippen LogP contribution is -2.43. The van der Waals surface area contributed by atoms with Crippen LogP contribution in [0.1, 0.15) is 40.5 Å². The van der Waals surface area contributed by atoms with Gasteiger partial charge in [-0.05, 0) is 52.7 Å². The molecule has 2 amide bonds. The summed E-state index contributed by atoms with van der Waals surface area (Å²) in [6.07, 6.45) is 0.802. The van der Waals surface area contributed by atoms with Crippen LogP contribution in [0.4, 0.5) is 10.5 Å². The van der Waals surface area contributed by atoms with Crippen molar-refractivity contribution in [2.45, 2.75) is 46.1 Å². The average molecular weight is 406 g/mol. The molecular weight excluding hydrogens is 376 g/mol. The van der Waals surface area contributed by atoms with Crippen LogP contribution in [0.25, 0.3) is 0 Å². The van der Waals surface area contributed by atoms with Crippen molar-refractivity contribution in [2.75, 3.05) is 31.6 Å². The van der Waals surface area contributed by atoms with Crippen molar-refractivity contribution in [1.29, 1.82) is 0 Å². The number of piperidine rings is 1. The van der Waals surface area contributed by atoms with E-state index in [0.29, 0.717) is 44.0 Å². The van der Waals surface area contributed by atoms with E-state index in [1.807, 2.05) is 20.8 Å². The number of amides is 2. The minimum atomic E-state index is -0.536. The minimum absolute atomic E-state index is 0.101. The van der Waals surface area contributed by atoms with Gasteiger partial charge in [-0.25, -0.2) is 9.59 Å². The van der Waals surface area contributed by atoms with Gasteiger partial charge in [-0.2, -0.15) is 0 Å². The topological polar surface area (TPSA) is 94.2 Å². The largest absolute Gasteiger partial charge is 0.482 e. The smallest absolute Gasteiger partial charge is 0.410 e. The fraction of sp³-hybridized carbons (Fsp3) is 0.571. The predicted octanol–water partition coefficient (Wildman–Crippen LogP) is 3.21. The molecule has 0 atom stereocenters. The summed E-state index contributed by atoms with van der Waals surface area (Å²) in [7, 11) is 0. The molecule has 0 spiro atoms. The Hall–Kier alpha value is -2.77. The quantitative estimate of drug-likeness (QED) is 0.729. The molecule has 1 aromatic carbocycles. The molecule has 160 valence electrons. The van der Waals surface area contributed by atoms with Crippen molar-refractivity contribution in [1.82, 2.24) is 4.90 Å². The van der Waals surface area contributed by atoms with Gasteiger partial charge in [0, 0.05) is 30.8 Å². The van der Waals surface area contributed by atoms with Gasteiger partial charge in [-0.3, -0.25) is 4.79 Å². The normalized spacial score (nSPS) is 14.8. The van der Waals surface area contributed by atoms with E-state index in [4.69, 9.17) is 14.2 Å². The van der Waals surface area contributed by atoms with Gasteiger partial charge in [0.1, 0.15) is 11.4 Å². The van der Waals surface area contributed by atoms with Crippen LogP contribution in [-0.4, -0.2) is 54.8 Å². The number of likely N-dealkylation sites (tertiary alicyclic amines) is 1. The average Bonchev–Trinajstić information content (AvgIpc) is 2.66. The number of carbonyl (C=O) groups is 3. The second-order valence-corrected chi connectivity index (χ2v) is 7.85. The Kier molecular flexibility index (Phi) is 7.87. The highest BCUT2D eigenvalue weighted by Crippen LogP contribution is 2.23. The van der Waals surface area contributed by atoms with Crippen LogP contribution in [0.2, 0.25) is 0 Å². The third kappa shape index (κ3) is 7.63. The zero-order chi connectivity index (χ0) is 21.4. The van der Waals surface area contributed by atoms with Gasteiger partial charge in [-0.15, -0.1) is 0 Å². The predicted molar refractivity (Wildman–Crippen MR) is 108 cm³/mol. The minimum Gasteiger partial charge on any atom is -0.482 e. The Balaban J connectivity index is 1.83. The molecule has 0 aliphatic carbocycles. The zero-order valence-corrected chi connectivity index (χ0v) is 17.5. The maximum Gasteiger partial charge on any atom is 0.410 e. The van der Waals surface area contributed by atoms with E-state index in [1.54, 1.807) is 36.1 Å². The van der Waals surface area contributed by atoms with Crippen molar-refractivity contribution < 1.29 is 28.6 Å². The highest BCUT2D eigenvalue weighted by molar-refractivity contribution is 5.92. The molecule has 0 saturated carbocycles. The number of hydrogen-bond donors (Lipinski definition) is 1. The highest BCUT2D eigenvalue weighted by Gasteiger charge is 2.30. The summed E-state index contributed by atoms with van der Waals surface area (Å²) in [5.74, 6) is -0.261. The second-order valence-electron chi connectivity index (χ2n) is 7.85. The Morgan fingerprint density at radius 2 is 1.86 bits per heavy atom. The molecule has 1 saturated heterocycles. The van der Waals surface area contributed by atoms with Gasteiger partial charge in [0.2, 0.25) is 5.91 Å². The number of esters is 1. The Morgan fingerprint density at radius 3 is 2.48 bits per heavy atom. The van der Waals surface area contributed by atoms with Crippen LogP contribution in [0.5, 0.6) is 5.75 Å². The van der Waals surface area contributed by atoms with Crippen LogP contribution in [-0.2, 0) is 19.1 Å². The standard InChI is InChI=1S/C21H30N2O6/c1-5-27-18(24)14-28-17-8-6-7-16(13-17)22-19(25)15-9-11-23(12-10-15)20(26)29-21(2,3)4/h6-8,13,15H,5,9-12,14H2,1-4H3,(H,22,25). The number of ether oxygens (including phenoxy) is 3. The van der Waals surface area contributed by atoms with E-state index < -0.39 is 11.6 Å². The van der Waals surface area contributed by atoms with Gasteiger partial charge >= 0.3 is 12.1 Å². The van der Waals surface area contributed by atoms with E-state index >= 15 is 0 Å². The Bertz CT molecular complexity index is 720. The number of anilines is 1. The maximum absolute atomic E-state index is 12.6. The summed E-state index contributed by atoms with van der Waals surface area (Å²) >= 11 is 0. The maximum atomic E-state index is 12.6. The molecule has 1 fully saturated rings. The van der Waals surface area contributed by atoms with Crippen molar-refractivity contribution in [3.63, 3.8) is 0 Å². The number of nitrogens with one attached hydrogen (secondary N) is 1. The van der Waals surface area contributed by atoms with Crippen LogP contribution in [0.3, 0.4) is 0 Å². The molecule has 2 rings (SSSR count). The van der Waals surface area contributed by atoms with Crippen LogP contribution >= 0.6 is 0 Å². The number of carbonyl (C=O) groups excluding carboxylic acids is 3. The lowest BCUT2D eigenvalue weighted by molar-refractivity contribution is -0.145. The lowest BCUT2D eigenvalue weighted by atomic mass is 9.96. The monoisotopic (exact) mass is 406 g/mol. The molecule has 0 radical (unpaired) electrons. The fourth-order valence-corrected chi connectivity index (χ4v) is 2.90. The van der Waals surface area contributed by atoms with Crippen molar-refractivity contribution in [3.8, 4) is 5.75 Å². The molecule has 0 unspecified atom stereocenters. The van der Waals surface area contributed by atoms with Crippen molar-refractivity contribution in [2.24, 2.45) is 5.92 Å². The second kappa shape index (κ2) is 10.1. The first-order valence-electron chi connectivity index (χ1n) is 9.85. The third-order valence-corrected chi connectivity index (χ3v) is 4.28. The third-order valence-electron chi connectivity index (χ3n) is 4.28. The number of hydrogen-bond acceptors (Lipinski definition) is 6. The van der Waals surface area contributed by atoms with E-state index in [1.165, 1.54) is 0 Å². The Morgan fingerprint density at radius 1 is 1.17 bits per heavy atom. The summed E-state index contributed by atoms with van der Waals surface area (Å²) in [5.41, 5.74) is 0.0528. The molecule has 29 heavy (non-hydrogen) atoms. The molecule has 0 aromatic heterocycles. The van der Waals surface area contributed by atoms with Crippen LogP contribution < -0.4 is 10.1 Å². The van der Waals surface area contributed by atoms with Crippen LogP contribution in [0, 0.1) is 5.92 Å². The highest BCUT2D eigenvalue weighted by atomic mass is 16.6. The van der Waals surface area contributed by atoms with Gasteiger partial charge in [0.05, 0.1) is 6.61 Å². The lowest BCUT2D eigenvalue weighted by Gasteiger charge is -2.32. The number of nitrogens with zero attached hydrogens (tertiary/aromatic N) is 1. The molecule has 8 nitrogen and oxygen atoms in total. The van der Waals surface area contributed by atoms with Crippen molar-refractivity contribution >= 4 is 23.7 Å². The van der Waals surface area contributed by atoms with E-state index in [2.05, 4.69) is 5.32 Å². The molecule has 1 heterocycles. The van der Waals surface area contributed by atoms with Gasteiger partial charge in [-0.1, -0.05) is 6.07 Å². The fourth-order valence-electron chi connectivity index (χ4n) is 2.90. The SMILES string of the molecule is CCOC(=O)COc1cccc(NC(=O)C2CCN(C(=O)OC(C)(C)C)CC2)c1. The summed E-state index contributed by atoms with van der Waals surface area (Å²) < 4.78 is 15.6. The van der Waals surface area contributed by atoms with Crippen LogP contribution in [0.15, 0.2) is 24.3 Å². The van der Waals surface area contributed by atoms with Gasteiger partial charge < -0.3 is 24.4 Å². The molecule has 1 aliphatic heterocycles. The molecular formula is C21H30N2O6. The molecule has 8 heteroatoms. The first-order chi connectivity index (χ1) is 13.7. The summed E-state index contributed by atoms with van der Waals surface area (Å²) in [6.45, 7) is 8.29. The zero-order valence-electron chi connectivity index (χ0n) is 17.5. The summed E-state index contributed by atoms with van der Waals surface area (Å²) in [6, 6.07) is 6.85. The van der Waals surface area contributed by atoms with E-state index in [-0.39, 0.29) is 24.5 Å². The van der Waals surface area contributed by atoms with E-state index in [0.717, 1.165) is 0 Å². The number of rotatable bonds is 6. The first-order valence-corrected chi connectivity index (χ1v) is 9.85. The van der Waals surface area contributed by atoms with E-state index in [9.17, 15) is 14.4 Å². The Labute approximate surface area is 171 Å². The molecule has 0 bridgehead atoms. The molecule has 1 N–H and O–H groups in total. The molecule has 1 aliphatic rings. The first kappa shape index (κ1) is 22.5. The summed E-state index contributed by atoms with van der Waals surface area (Å²) in [5, 5.41) is 2.88. The summed E-state index contributed by atoms with van der Waals surface area (Å²) in [4.78, 5) is 37.7. The van der Waals surface area contributed by atoms with Gasteiger partial charge in [0.25, 0.3) is 0 Å². The van der Waals surface area contributed by atoms with Crippen molar-refractivity contribution in [3.05, 3.63) is 24.3 Å². The van der Waals surface area contributed by atoms with Gasteiger partial charge in [0.15, 0.2) is 6.61 Å².